The molecule has 3 aromatic rings. The summed E-state index contributed by atoms with van der Waals surface area (Å²) in [5, 5.41) is 5.52. The Morgan fingerprint density at radius 2 is 1.62 bits per heavy atom. The van der Waals surface area contributed by atoms with E-state index in [0.717, 1.165) is 5.56 Å². The van der Waals surface area contributed by atoms with Crippen LogP contribution in [0.25, 0.3) is 11.0 Å². The second-order valence-corrected chi connectivity index (χ2v) is 5.73. The Kier molecular flexibility index (Phi) is 4.70. The van der Waals surface area contributed by atoms with E-state index in [0.29, 0.717) is 11.0 Å². The van der Waals surface area contributed by atoms with Gasteiger partial charge in [-0.05, 0) is 24.6 Å². The van der Waals surface area contributed by atoms with Crippen molar-refractivity contribution in [2.75, 3.05) is 5.32 Å². The molecule has 3 amide bonds. The van der Waals surface area contributed by atoms with Crippen LogP contribution in [0.15, 0.2) is 59.0 Å². The molecule has 0 spiro atoms. The van der Waals surface area contributed by atoms with Crippen molar-refractivity contribution in [3.8, 4) is 0 Å². The standard InChI is InChI=1S/C19H17N3O4/c1-11(12-7-3-2-4-8-12)21-18(24)19(25)22-15-13-9-5-6-10-14(13)26-16(15)17(20)23/h2-11H,1H3,(H2,20,23)(H,21,24)(H,22,25). The zero-order valence-electron chi connectivity index (χ0n) is 14.0. The van der Waals surface area contributed by atoms with Crippen molar-refractivity contribution < 1.29 is 18.8 Å². The first-order valence-corrected chi connectivity index (χ1v) is 7.95. The second-order valence-electron chi connectivity index (χ2n) is 5.73. The van der Waals surface area contributed by atoms with Crippen molar-refractivity contribution >= 4 is 34.4 Å². The largest absolute Gasteiger partial charge is 0.449 e. The van der Waals surface area contributed by atoms with Crippen molar-refractivity contribution in [1.29, 1.82) is 0 Å². The number of nitrogens with one attached hydrogen (secondary N) is 2. The molecule has 1 unspecified atom stereocenters. The average Bonchev–Trinajstić information content (AvgIpc) is 3.01. The number of carbonyl (C=O) groups excluding carboxylic acids is 3. The van der Waals surface area contributed by atoms with Gasteiger partial charge in [-0.15, -0.1) is 0 Å². The van der Waals surface area contributed by atoms with E-state index in [1.165, 1.54) is 0 Å². The smallest absolute Gasteiger partial charge is 0.313 e. The fourth-order valence-corrected chi connectivity index (χ4v) is 2.60. The lowest BCUT2D eigenvalue weighted by molar-refractivity contribution is -0.136. The monoisotopic (exact) mass is 351 g/mol. The molecule has 0 aliphatic rings. The lowest BCUT2D eigenvalue weighted by Crippen LogP contribution is -2.37. The minimum atomic E-state index is -0.915. The van der Waals surface area contributed by atoms with Crippen molar-refractivity contribution in [3.05, 3.63) is 65.9 Å². The summed E-state index contributed by atoms with van der Waals surface area (Å²) in [6, 6.07) is 15.6. The molecule has 0 fully saturated rings. The van der Waals surface area contributed by atoms with E-state index >= 15 is 0 Å². The lowest BCUT2D eigenvalue weighted by Gasteiger charge is -2.14. The molecule has 1 heterocycles. The van der Waals surface area contributed by atoms with Gasteiger partial charge in [0, 0.05) is 5.39 Å². The summed E-state index contributed by atoms with van der Waals surface area (Å²) in [6.07, 6.45) is 0. The summed E-state index contributed by atoms with van der Waals surface area (Å²) >= 11 is 0. The molecule has 0 bridgehead atoms. The Hall–Kier alpha value is -3.61. The number of hydrogen-bond acceptors (Lipinski definition) is 4. The first kappa shape index (κ1) is 17.2. The maximum absolute atomic E-state index is 12.3. The van der Waals surface area contributed by atoms with Gasteiger partial charge in [-0.25, -0.2) is 0 Å². The number of benzene rings is 2. The Bertz CT molecular complexity index is 979. The highest BCUT2D eigenvalue weighted by Crippen LogP contribution is 2.30. The number of rotatable bonds is 4. The molecule has 0 saturated carbocycles. The molecular formula is C19H17N3O4. The molecule has 2 aromatic carbocycles. The number of anilines is 1. The van der Waals surface area contributed by atoms with E-state index in [1.807, 2.05) is 30.3 Å². The topological polar surface area (TPSA) is 114 Å². The molecule has 7 heteroatoms. The summed E-state index contributed by atoms with van der Waals surface area (Å²) in [5.41, 5.74) is 6.63. The average molecular weight is 351 g/mol. The van der Waals surface area contributed by atoms with Gasteiger partial charge in [0.15, 0.2) is 0 Å². The molecular weight excluding hydrogens is 334 g/mol. The van der Waals surface area contributed by atoms with Crippen molar-refractivity contribution in [2.45, 2.75) is 13.0 Å². The molecule has 4 N–H and O–H groups in total. The second kappa shape index (κ2) is 7.10. The maximum atomic E-state index is 12.3. The van der Waals surface area contributed by atoms with Crippen LogP contribution in [0, 0.1) is 0 Å². The fraction of sp³-hybridized carbons (Fsp3) is 0.105. The highest BCUT2D eigenvalue weighted by Gasteiger charge is 2.24. The summed E-state index contributed by atoms with van der Waals surface area (Å²) in [6.45, 7) is 1.77. The van der Waals surface area contributed by atoms with E-state index in [1.54, 1.807) is 31.2 Å². The number of furan rings is 1. The molecule has 7 nitrogen and oxygen atoms in total. The number of carbonyl (C=O) groups is 3. The number of nitrogens with two attached hydrogens (primary N) is 1. The van der Waals surface area contributed by atoms with Gasteiger partial charge < -0.3 is 20.8 Å². The number of amides is 3. The van der Waals surface area contributed by atoms with E-state index in [9.17, 15) is 14.4 Å². The Morgan fingerprint density at radius 3 is 2.31 bits per heavy atom. The van der Waals surface area contributed by atoms with Gasteiger partial charge in [0.05, 0.1) is 6.04 Å². The third kappa shape index (κ3) is 3.41. The van der Waals surface area contributed by atoms with Gasteiger partial charge in [-0.3, -0.25) is 14.4 Å². The van der Waals surface area contributed by atoms with Crippen LogP contribution >= 0.6 is 0 Å². The lowest BCUT2D eigenvalue weighted by atomic mass is 10.1. The third-order valence-electron chi connectivity index (χ3n) is 3.91. The first-order valence-electron chi connectivity index (χ1n) is 7.95. The maximum Gasteiger partial charge on any atom is 0.313 e. The van der Waals surface area contributed by atoms with E-state index in [2.05, 4.69) is 10.6 Å². The zero-order chi connectivity index (χ0) is 18.7. The van der Waals surface area contributed by atoms with Gasteiger partial charge in [0.2, 0.25) is 5.76 Å². The highest BCUT2D eigenvalue weighted by molar-refractivity contribution is 6.40. The third-order valence-corrected chi connectivity index (χ3v) is 3.91. The van der Waals surface area contributed by atoms with Gasteiger partial charge in [-0.2, -0.15) is 0 Å². The predicted molar refractivity (Wildman–Crippen MR) is 96.4 cm³/mol. The fourth-order valence-electron chi connectivity index (χ4n) is 2.60. The first-order chi connectivity index (χ1) is 12.5. The molecule has 0 radical (unpaired) electrons. The van der Waals surface area contributed by atoms with Crippen LogP contribution < -0.4 is 16.4 Å². The van der Waals surface area contributed by atoms with Crippen molar-refractivity contribution in [1.82, 2.24) is 5.32 Å². The van der Waals surface area contributed by atoms with Crippen molar-refractivity contribution in [2.24, 2.45) is 5.73 Å². The van der Waals surface area contributed by atoms with Gasteiger partial charge in [-0.1, -0.05) is 42.5 Å². The molecule has 132 valence electrons. The van der Waals surface area contributed by atoms with Crippen LogP contribution in [0.2, 0.25) is 0 Å². The van der Waals surface area contributed by atoms with Crippen LogP contribution in [-0.2, 0) is 9.59 Å². The van der Waals surface area contributed by atoms with Crippen molar-refractivity contribution in [3.63, 3.8) is 0 Å². The SMILES string of the molecule is CC(NC(=O)C(=O)Nc1c(C(N)=O)oc2ccccc12)c1ccccc1. The van der Waals surface area contributed by atoms with Gasteiger partial charge in [0.25, 0.3) is 5.91 Å². The molecule has 3 rings (SSSR count). The molecule has 1 atom stereocenters. The summed E-state index contributed by atoms with van der Waals surface area (Å²) in [4.78, 5) is 36.1. The van der Waals surface area contributed by atoms with Gasteiger partial charge >= 0.3 is 11.8 Å². The van der Waals surface area contributed by atoms with Crippen LogP contribution in [0.1, 0.15) is 29.1 Å². The Labute approximate surface area is 149 Å². The molecule has 0 aliphatic heterocycles. The minimum absolute atomic E-state index is 0.0839. The minimum Gasteiger partial charge on any atom is -0.449 e. The van der Waals surface area contributed by atoms with E-state index in [-0.39, 0.29) is 17.5 Å². The van der Waals surface area contributed by atoms with Crippen LogP contribution in [0.5, 0.6) is 0 Å². The van der Waals surface area contributed by atoms with E-state index in [4.69, 9.17) is 10.2 Å². The number of para-hydroxylation sites is 1. The normalized spacial score (nSPS) is 11.7. The molecule has 0 aliphatic carbocycles. The Balaban J connectivity index is 1.79. The van der Waals surface area contributed by atoms with Gasteiger partial charge in [0.1, 0.15) is 11.3 Å². The predicted octanol–water partition coefficient (Wildman–Crippen LogP) is 2.35. The zero-order valence-corrected chi connectivity index (χ0v) is 14.0. The molecule has 1 aromatic heterocycles. The Morgan fingerprint density at radius 1 is 0.962 bits per heavy atom. The molecule has 0 saturated heterocycles. The van der Waals surface area contributed by atoms with Crippen LogP contribution in [0.3, 0.4) is 0 Å². The van der Waals surface area contributed by atoms with Crippen LogP contribution in [0.4, 0.5) is 5.69 Å². The molecule has 26 heavy (non-hydrogen) atoms. The summed E-state index contributed by atoms with van der Waals surface area (Å²) in [7, 11) is 0. The number of hydrogen-bond donors (Lipinski definition) is 3. The quantitative estimate of drug-likeness (QED) is 0.626. The summed E-state index contributed by atoms with van der Waals surface area (Å²) in [5.74, 6) is -2.79. The van der Waals surface area contributed by atoms with E-state index < -0.39 is 17.7 Å². The number of fused-ring (bicyclic) bond motifs is 1. The number of primary amides is 1. The van der Waals surface area contributed by atoms with Crippen LogP contribution in [-0.4, -0.2) is 17.7 Å². The summed E-state index contributed by atoms with van der Waals surface area (Å²) < 4.78 is 5.37. The highest BCUT2D eigenvalue weighted by atomic mass is 16.3.